The van der Waals surface area contributed by atoms with Crippen LogP contribution in [0.3, 0.4) is 0 Å². The number of nitrogens with zero attached hydrogens (tertiary/aromatic N) is 3. The first-order valence-corrected chi connectivity index (χ1v) is 6.51. The molecule has 3 heterocycles. The van der Waals surface area contributed by atoms with E-state index in [4.69, 9.17) is 12.2 Å². The van der Waals surface area contributed by atoms with Gasteiger partial charge in [-0.2, -0.15) is 5.10 Å². The van der Waals surface area contributed by atoms with E-state index in [1.807, 2.05) is 22.8 Å². The highest BCUT2D eigenvalue weighted by molar-refractivity contribution is 7.71. The Morgan fingerprint density at radius 1 is 1.47 bits per heavy atom. The fraction of sp³-hybridized carbons (Fsp3) is 0.333. The van der Waals surface area contributed by atoms with Crippen molar-refractivity contribution in [3.63, 3.8) is 0 Å². The molecule has 19 heavy (non-hydrogen) atoms. The third-order valence-corrected chi connectivity index (χ3v) is 3.45. The van der Waals surface area contributed by atoms with E-state index in [9.17, 15) is 4.79 Å². The van der Waals surface area contributed by atoms with Gasteiger partial charge in [-0.3, -0.25) is 19.4 Å². The number of hydrogen-bond donors (Lipinski definition) is 2. The molecule has 0 aliphatic carbocycles. The maximum atomic E-state index is 11.2. The predicted octanol–water partition coefficient (Wildman–Crippen LogP) is 1.28. The topological polar surface area (TPSA) is 75.6 Å². The van der Waals surface area contributed by atoms with Crippen LogP contribution >= 0.6 is 12.2 Å². The molecule has 0 radical (unpaired) electrons. The first kappa shape index (κ1) is 12.0. The summed E-state index contributed by atoms with van der Waals surface area (Å²) in [5, 5.41) is 9.93. The quantitative estimate of drug-likeness (QED) is 0.827. The van der Waals surface area contributed by atoms with E-state index in [-0.39, 0.29) is 11.9 Å². The zero-order valence-corrected chi connectivity index (χ0v) is 11.0. The first-order valence-electron chi connectivity index (χ1n) is 6.10. The van der Waals surface area contributed by atoms with Crippen LogP contribution in [0.25, 0.3) is 11.5 Å². The summed E-state index contributed by atoms with van der Waals surface area (Å²) in [5.74, 6) is 0.797. The third-order valence-electron chi connectivity index (χ3n) is 3.14. The summed E-state index contributed by atoms with van der Waals surface area (Å²) in [6.07, 6.45) is 3.12. The lowest BCUT2D eigenvalue weighted by molar-refractivity contribution is -0.119. The summed E-state index contributed by atoms with van der Waals surface area (Å²) in [6, 6.07) is 5.75. The summed E-state index contributed by atoms with van der Waals surface area (Å²) < 4.78 is 2.43. The van der Waals surface area contributed by atoms with Gasteiger partial charge in [0.15, 0.2) is 10.6 Å². The van der Waals surface area contributed by atoms with Crippen molar-refractivity contribution < 1.29 is 4.79 Å². The Bertz CT molecular complexity index is 648. The van der Waals surface area contributed by atoms with E-state index in [0.717, 1.165) is 12.1 Å². The molecule has 2 N–H and O–H groups in total. The van der Waals surface area contributed by atoms with Crippen LogP contribution in [0.15, 0.2) is 24.4 Å². The lowest BCUT2D eigenvalue weighted by Gasteiger charge is -2.12. The largest absolute Gasteiger partial charge is 0.352 e. The fourth-order valence-corrected chi connectivity index (χ4v) is 2.42. The molecule has 3 rings (SSSR count). The number of H-pyrrole nitrogens is 1. The van der Waals surface area contributed by atoms with Crippen LogP contribution in [0, 0.1) is 4.77 Å². The molecule has 1 atom stereocenters. The van der Waals surface area contributed by atoms with Gasteiger partial charge in [0.25, 0.3) is 0 Å². The molecule has 0 spiro atoms. The van der Waals surface area contributed by atoms with Gasteiger partial charge < -0.3 is 5.32 Å². The Morgan fingerprint density at radius 2 is 2.37 bits per heavy atom. The molecule has 0 bridgehead atoms. The number of pyridine rings is 1. The molecule has 2 aromatic rings. The normalized spacial score (nSPS) is 18.5. The second-order valence-corrected chi connectivity index (χ2v) is 4.87. The van der Waals surface area contributed by atoms with Gasteiger partial charge in [-0.1, -0.05) is 6.07 Å². The molecular formula is C12H13N5OS. The molecule has 1 fully saturated rings. The Kier molecular flexibility index (Phi) is 3.12. The van der Waals surface area contributed by atoms with E-state index < -0.39 is 0 Å². The van der Waals surface area contributed by atoms with Crippen LogP contribution in [-0.4, -0.2) is 31.7 Å². The minimum Gasteiger partial charge on any atom is -0.352 e. The third kappa shape index (κ3) is 2.41. The second-order valence-electron chi connectivity index (χ2n) is 4.48. The first-order chi connectivity index (χ1) is 9.24. The van der Waals surface area contributed by atoms with Gasteiger partial charge in [-0.25, -0.2) is 0 Å². The SMILES string of the molecule is O=C1CCC(Cn2c(-c3ccccn3)n[nH]c2=S)N1. The molecule has 2 aromatic heterocycles. The number of rotatable bonds is 3. The van der Waals surface area contributed by atoms with Crippen molar-refractivity contribution in [3.8, 4) is 11.5 Å². The van der Waals surface area contributed by atoms with Gasteiger partial charge in [0.2, 0.25) is 5.91 Å². The number of hydrogen-bond acceptors (Lipinski definition) is 4. The smallest absolute Gasteiger partial charge is 0.220 e. The summed E-state index contributed by atoms with van der Waals surface area (Å²) in [7, 11) is 0. The monoisotopic (exact) mass is 275 g/mol. The Morgan fingerprint density at radius 3 is 3.05 bits per heavy atom. The highest BCUT2D eigenvalue weighted by atomic mass is 32.1. The van der Waals surface area contributed by atoms with Crippen molar-refractivity contribution in [2.24, 2.45) is 0 Å². The highest BCUT2D eigenvalue weighted by Gasteiger charge is 2.22. The van der Waals surface area contributed by atoms with Crippen LogP contribution in [0.2, 0.25) is 0 Å². The molecule has 1 amide bonds. The zero-order chi connectivity index (χ0) is 13.2. The standard InChI is InChI=1S/C12H13N5OS/c18-10-5-4-8(14-10)7-17-11(15-16-12(17)19)9-3-1-2-6-13-9/h1-3,6,8H,4-5,7H2,(H,14,18)(H,16,19). The molecule has 6 nitrogen and oxygen atoms in total. The number of amides is 1. The lowest BCUT2D eigenvalue weighted by Crippen LogP contribution is -2.29. The Labute approximate surface area is 114 Å². The van der Waals surface area contributed by atoms with Crippen molar-refractivity contribution >= 4 is 18.1 Å². The average Bonchev–Trinajstić information content (AvgIpc) is 2.99. The van der Waals surface area contributed by atoms with Gasteiger partial charge in [0, 0.05) is 25.2 Å². The zero-order valence-electron chi connectivity index (χ0n) is 10.2. The van der Waals surface area contributed by atoms with Crippen LogP contribution in [-0.2, 0) is 11.3 Å². The van der Waals surface area contributed by atoms with Crippen molar-refractivity contribution in [1.29, 1.82) is 0 Å². The van der Waals surface area contributed by atoms with E-state index in [2.05, 4.69) is 20.5 Å². The molecule has 7 heteroatoms. The summed E-state index contributed by atoms with van der Waals surface area (Å²) >= 11 is 5.24. The van der Waals surface area contributed by atoms with Crippen LogP contribution in [0.5, 0.6) is 0 Å². The average molecular weight is 275 g/mol. The van der Waals surface area contributed by atoms with Gasteiger partial charge in [-0.15, -0.1) is 0 Å². The molecule has 1 saturated heterocycles. The van der Waals surface area contributed by atoms with E-state index in [1.165, 1.54) is 0 Å². The van der Waals surface area contributed by atoms with E-state index in [1.54, 1.807) is 6.20 Å². The van der Waals surface area contributed by atoms with Crippen molar-refractivity contribution in [3.05, 3.63) is 29.2 Å². The van der Waals surface area contributed by atoms with E-state index >= 15 is 0 Å². The molecular weight excluding hydrogens is 262 g/mol. The lowest BCUT2D eigenvalue weighted by atomic mass is 10.2. The van der Waals surface area contributed by atoms with Gasteiger partial charge in [0.05, 0.1) is 0 Å². The predicted molar refractivity (Wildman–Crippen MR) is 71.8 cm³/mol. The second kappa shape index (κ2) is 4.93. The molecule has 98 valence electrons. The fourth-order valence-electron chi connectivity index (χ4n) is 2.21. The maximum absolute atomic E-state index is 11.2. The summed E-state index contributed by atoms with van der Waals surface area (Å²) in [5.41, 5.74) is 0.763. The molecule has 1 aliphatic heterocycles. The van der Waals surface area contributed by atoms with Crippen LogP contribution in [0.1, 0.15) is 12.8 Å². The summed E-state index contributed by atoms with van der Waals surface area (Å²) in [6.45, 7) is 0.618. The number of nitrogens with one attached hydrogen (secondary N) is 2. The van der Waals surface area contributed by atoms with Crippen molar-refractivity contribution in [2.75, 3.05) is 0 Å². The maximum Gasteiger partial charge on any atom is 0.220 e. The highest BCUT2D eigenvalue weighted by Crippen LogP contribution is 2.16. The molecule has 0 aromatic carbocycles. The number of aromatic amines is 1. The molecule has 0 saturated carbocycles. The van der Waals surface area contributed by atoms with Crippen molar-refractivity contribution in [1.82, 2.24) is 25.1 Å². The Balaban J connectivity index is 1.91. The molecule has 1 unspecified atom stereocenters. The minimum absolute atomic E-state index is 0.0967. The number of aromatic nitrogens is 4. The molecule has 1 aliphatic rings. The number of carbonyl (C=O) groups excluding carboxylic acids is 1. The van der Waals surface area contributed by atoms with Gasteiger partial charge >= 0.3 is 0 Å². The van der Waals surface area contributed by atoms with E-state index in [0.29, 0.717) is 23.6 Å². The summed E-state index contributed by atoms with van der Waals surface area (Å²) in [4.78, 5) is 15.5. The van der Waals surface area contributed by atoms with Crippen molar-refractivity contribution in [2.45, 2.75) is 25.4 Å². The minimum atomic E-state index is 0.0967. The van der Waals surface area contributed by atoms with Gasteiger partial charge in [0.1, 0.15) is 5.69 Å². The van der Waals surface area contributed by atoms with Crippen LogP contribution < -0.4 is 5.32 Å². The number of carbonyl (C=O) groups is 1. The Hall–Kier alpha value is -2.02. The van der Waals surface area contributed by atoms with Gasteiger partial charge in [-0.05, 0) is 30.8 Å². The van der Waals surface area contributed by atoms with Crippen LogP contribution in [0.4, 0.5) is 0 Å².